The van der Waals surface area contributed by atoms with Crippen molar-refractivity contribution >= 4 is 5.91 Å². The summed E-state index contributed by atoms with van der Waals surface area (Å²) in [6.45, 7) is 9.21. The van der Waals surface area contributed by atoms with Crippen molar-refractivity contribution in [1.29, 1.82) is 0 Å². The molecule has 2 fully saturated rings. The highest BCUT2D eigenvalue weighted by Crippen LogP contribution is 2.14. The Morgan fingerprint density at radius 3 is 2.52 bits per heavy atom. The van der Waals surface area contributed by atoms with Gasteiger partial charge in [-0.3, -0.25) is 9.69 Å². The third kappa shape index (κ3) is 5.49. The van der Waals surface area contributed by atoms with Crippen LogP contribution in [0.5, 0.6) is 0 Å². The number of nitrogens with one attached hydrogen (secondary N) is 2. The lowest BCUT2D eigenvalue weighted by Crippen LogP contribution is -2.50. The number of hydrogen-bond acceptors (Lipinski definition) is 4. The van der Waals surface area contributed by atoms with Gasteiger partial charge in [0.1, 0.15) is 5.82 Å². The molecule has 2 aliphatic heterocycles. The first-order chi connectivity index (χ1) is 12.2. The van der Waals surface area contributed by atoms with E-state index in [1.807, 2.05) is 0 Å². The highest BCUT2D eigenvalue weighted by Gasteiger charge is 2.21. The summed E-state index contributed by atoms with van der Waals surface area (Å²) < 4.78 is 13.6. The van der Waals surface area contributed by atoms with Gasteiger partial charge in [0, 0.05) is 45.8 Å². The average Bonchev–Trinajstić information content (AvgIpc) is 2.64. The molecule has 1 aromatic carbocycles. The lowest BCUT2D eigenvalue weighted by Gasteiger charge is -2.37. The molecule has 0 radical (unpaired) electrons. The van der Waals surface area contributed by atoms with Crippen LogP contribution in [0.15, 0.2) is 24.3 Å². The summed E-state index contributed by atoms with van der Waals surface area (Å²) in [7, 11) is 0. The van der Waals surface area contributed by atoms with Gasteiger partial charge in [0.2, 0.25) is 0 Å². The fourth-order valence-corrected chi connectivity index (χ4v) is 3.69. The molecule has 1 aromatic rings. The number of halogens is 1. The molecule has 0 aromatic heterocycles. The molecular weight excluding hydrogens is 319 g/mol. The van der Waals surface area contributed by atoms with Gasteiger partial charge in [-0.05, 0) is 44.0 Å². The number of carbonyl (C=O) groups is 1. The SMILES string of the molecule is O=C(NCCN1CCN(CC2CCNCC2)CC1)c1ccccc1F. The van der Waals surface area contributed by atoms with E-state index in [-0.39, 0.29) is 11.5 Å². The summed E-state index contributed by atoms with van der Waals surface area (Å²) in [6.07, 6.45) is 2.59. The molecule has 2 N–H and O–H groups in total. The van der Waals surface area contributed by atoms with Crippen molar-refractivity contribution in [2.75, 3.05) is 58.9 Å². The van der Waals surface area contributed by atoms with E-state index in [4.69, 9.17) is 0 Å². The maximum atomic E-state index is 13.6. The molecule has 0 unspecified atom stereocenters. The number of piperidine rings is 1. The van der Waals surface area contributed by atoms with Crippen LogP contribution in [0.2, 0.25) is 0 Å². The summed E-state index contributed by atoms with van der Waals surface area (Å²) in [5.74, 6) is 0.0435. The topological polar surface area (TPSA) is 47.6 Å². The van der Waals surface area contributed by atoms with Crippen molar-refractivity contribution in [3.05, 3.63) is 35.6 Å². The first kappa shape index (κ1) is 18.3. The minimum Gasteiger partial charge on any atom is -0.351 e. The zero-order chi connectivity index (χ0) is 17.5. The van der Waals surface area contributed by atoms with E-state index in [1.165, 1.54) is 31.5 Å². The molecule has 25 heavy (non-hydrogen) atoms. The van der Waals surface area contributed by atoms with Gasteiger partial charge in [-0.15, -0.1) is 0 Å². The second-order valence-corrected chi connectivity index (χ2v) is 7.07. The highest BCUT2D eigenvalue weighted by atomic mass is 19.1. The average molecular weight is 348 g/mol. The molecule has 1 amide bonds. The van der Waals surface area contributed by atoms with Gasteiger partial charge < -0.3 is 15.5 Å². The second kappa shape index (κ2) is 9.27. The minimum atomic E-state index is -0.466. The van der Waals surface area contributed by atoms with Crippen LogP contribution in [0, 0.1) is 11.7 Å². The molecule has 5 nitrogen and oxygen atoms in total. The molecule has 0 atom stereocenters. The van der Waals surface area contributed by atoms with Crippen LogP contribution in [0.4, 0.5) is 4.39 Å². The monoisotopic (exact) mass is 348 g/mol. The van der Waals surface area contributed by atoms with Crippen molar-refractivity contribution in [1.82, 2.24) is 20.4 Å². The molecule has 0 spiro atoms. The molecule has 2 aliphatic rings. The van der Waals surface area contributed by atoms with Crippen LogP contribution in [0.1, 0.15) is 23.2 Å². The lowest BCUT2D eigenvalue weighted by atomic mass is 9.97. The minimum absolute atomic E-state index is 0.120. The number of carbonyl (C=O) groups excluding carboxylic acids is 1. The first-order valence-electron chi connectivity index (χ1n) is 9.40. The van der Waals surface area contributed by atoms with Crippen LogP contribution in [0.3, 0.4) is 0 Å². The van der Waals surface area contributed by atoms with Crippen molar-refractivity contribution in [2.24, 2.45) is 5.92 Å². The molecule has 0 aliphatic carbocycles. The standard InChI is InChI=1S/C19H29FN4O/c20-18-4-2-1-3-17(18)19(25)22-9-10-23-11-13-24(14-12-23)15-16-5-7-21-8-6-16/h1-4,16,21H,5-15H2,(H,22,25). The van der Waals surface area contributed by atoms with Gasteiger partial charge in [0.15, 0.2) is 0 Å². The van der Waals surface area contributed by atoms with Gasteiger partial charge in [0.05, 0.1) is 5.56 Å². The number of piperazine rings is 1. The smallest absolute Gasteiger partial charge is 0.254 e. The molecule has 0 bridgehead atoms. The van der Waals surface area contributed by atoms with E-state index in [0.29, 0.717) is 6.54 Å². The Morgan fingerprint density at radius 2 is 1.80 bits per heavy atom. The molecular formula is C19H29FN4O. The number of hydrogen-bond donors (Lipinski definition) is 2. The van der Waals surface area contributed by atoms with E-state index < -0.39 is 5.82 Å². The van der Waals surface area contributed by atoms with Crippen molar-refractivity contribution in [2.45, 2.75) is 12.8 Å². The Hall–Kier alpha value is -1.50. The zero-order valence-corrected chi connectivity index (χ0v) is 14.8. The largest absolute Gasteiger partial charge is 0.351 e. The molecule has 3 rings (SSSR count). The van der Waals surface area contributed by atoms with Crippen LogP contribution < -0.4 is 10.6 Å². The van der Waals surface area contributed by atoms with Crippen LogP contribution in [-0.2, 0) is 0 Å². The summed E-state index contributed by atoms with van der Waals surface area (Å²) in [4.78, 5) is 16.9. The van der Waals surface area contributed by atoms with Gasteiger partial charge in [0.25, 0.3) is 5.91 Å². The Labute approximate surface area is 149 Å². The maximum Gasteiger partial charge on any atom is 0.254 e. The number of amides is 1. The maximum absolute atomic E-state index is 13.6. The Morgan fingerprint density at radius 1 is 1.12 bits per heavy atom. The molecule has 2 heterocycles. The van der Waals surface area contributed by atoms with E-state index in [1.54, 1.807) is 12.1 Å². The third-order valence-electron chi connectivity index (χ3n) is 5.27. The van der Waals surface area contributed by atoms with Gasteiger partial charge >= 0.3 is 0 Å². The van der Waals surface area contributed by atoms with E-state index in [0.717, 1.165) is 51.7 Å². The number of nitrogens with zero attached hydrogens (tertiary/aromatic N) is 2. The zero-order valence-electron chi connectivity index (χ0n) is 14.8. The predicted molar refractivity (Wildman–Crippen MR) is 97.2 cm³/mol. The van der Waals surface area contributed by atoms with E-state index >= 15 is 0 Å². The van der Waals surface area contributed by atoms with Crippen LogP contribution >= 0.6 is 0 Å². The Kier molecular flexibility index (Phi) is 6.78. The fraction of sp³-hybridized carbons (Fsp3) is 0.632. The lowest BCUT2D eigenvalue weighted by molar-refractivity contribution is 0.0921. The van der Waals surface area contributed by atoms with E-state index in [2.05, 4.69) is 20.4 Å². The second-order valence-electron chi connectivity index (χ2n) is 7.07. The summed E-state index contributed by atoms with van der Waals surface area (Å²) in [5, 5.41) is 6.24. The fourth-order valence-electron chi connectivity index (χ4n) is 3.69. The highest BCUT2D eigenvalue weighted by molar-refractivity contribution is 5.94. The van der Waals surface area contributed by atoms with E-state index in [9.17, 15) is 9.18 Å². The molecule has 6 heteroatoms. The molecule has 138 valence electrons. The third-order valence-corrected chi connectivity index (χ3v) is 5.27. The Bertz CT molecular complexity index is 554. The number of rotatable bonds is 6. The summed E-state index contributed by atoms with van der Waals surface area (Å²) in [5.41, 5.74) is 0.120. The number of benzene rings is 1. The van der Waals surface area contributed by atoms with Gasteiger partial charge in [-0.25, -0.2) is 4.39 Å². The molecule has 2 saturated heterocycles. The molecule has 0 saturated carbocycles. The van der Waals surface area contributed by atoms with Crippen molar-refractivity contribution in [3.8, 4) is 0 Å². The van der Waals surface area contributed by atoms with Gasteiger partial charge in [-0.2, -0.15) is 0 Å². The summed E-state index contributed by atoms with van der Waals surface area (Å²) >= 11 is 0. The van der Waals surface area contributed by atoms with Gasteiger partial charge in [-0.1, -0.05) is 12.1 Å². The predicted octanol–water partition coefficient (Wildman–Crippen LogP) is 1.17. The van der Waals surface area contributed by atoms with Crippen LogP contribution in [-0.4, -0.2) is 74.6 Å². The normalized spacial score (nSPS) is 20.5. The first-order valence-corrected chi connectivity index (χ1v) is 9.40. The summed E-state index contributed by atoms with van der Waals surface area (Å²) in [6, 6.07) is 6.11. The quantitative estimate of drug-likeness (QED) is 0.810. The van der Waals surface area contributed by atoms with Crippen molar-refractivity contribution in [3.63, 3.8) is 0 Å². The Balaban J connectivity index is 1.32. The van der Waals surface area contributed by atoms with Crippen molar-refractivity contribution < 1.29 is 9.18 Å². The van der Waals surface area contributed by atoms with Crippen LogP contribution in [0.25, 0.3) is 0 Å².